The number of carbonyl (C=O) groups excluding carboxylic acids is 2. The van der Waals surface area contributed by atoms with Crippen LogP contribution in [-0.2, 0) is 9.53 Å². The van der Waals surface area contributed by atoms with E-state index in [1.807, 2.05) is 26.8 Å². The number of amides is 1. The van der Waals surface area contributed by atoms with Gasteiger partial charge >= 0.3 is 5.97 Å². The van der Waals surface area contributed by atoms with Gasteiger partial charge in [-0.2, -0.15) is 15.0 Å². The number of esters is 1. The highest BCUT2D eigenvalue weighted by molar-refractivity contribution is 6.02. The molecule has 0 saturated heterocycles. The Labute approximate surface area is 182 Å². The van der Waals surface area contributed by atoms with Gasteiger partial charge in [-0.15, -0.1) is 0 Å². The van der Waals surface area contributed by atoms with Gasteiger partial charge in [0.1, 0.15) is 0 Å². The first-order chi connectivity index (χ1) is 15.0. The molecule has 1 amide bonds. The van der Waals surface area contributed by atoms with Gasteiger partial charge in [0.2, 0.25) is 5.76 Å². The third-order valence-electron chi connectivity index (χ3n) is 4.70. The molecule has 0 aliphatic heterocycles. The first-order valence-electron chi connectivity index (χ1n) is 10.3. The average Bonchev–Trinajstić information content (AvgIpc) is 3.47. The number of hydrogen-bond donors (Lipinski definition) is 0. The molecule has 0 spiro atoms. The van der Waals surface area contributed by atoms with Crippen molar-refractivity contribution in [2.24, 2.45) is 0 Å². The lowest BCUT2D eigenvalue weighted by Gasteiger charge is -2.26. The number of allylic oxidation sites excluding steroid dienone is 3. The highest BCUT2D eigenvalue weighted by atomic mass is 16.6. The molecule has 0 saturated carbocycles. The van der Waals surface area contributed by atoms with Crippen LogP contribution in [0.1, 0.15) is 56.3 Å². The standard InChI is InChI=1S/C22H29N5O4/c1-6-11-19(27-23-12-13-24-27)17(8-3)21(28)26(9-4)15-16(7-2)18-14-20(31-25-18)22(29)30-10-5/h6,8,11-14,16H,3,7,9-10,15H2,1-2,4-5H3/b11-6-,19-17-. The predicted molar refractivity (Wildman–Crippen MR) is 116 cm³/mol. The number of nitrogens with zero attached hydrogens (tertiary/aromatic N) is 5. The second-order valence-electron chi connectivity index (χ2n) is 6.61. The van der Waals surface area contributed by atoms with E-state index in [4.69, 9.17) is 9.26 Å². The summed E-state index contributed by atoms with van der Waals surface area (Å²) in [4.78, 5) is 28.3. The first kappa shape index (κ1) is 23.8. The summed E-state index contributed by atoms with van der Waals surface area (Å²) in [6.07, 6.45) is 8.89. The number of ether oxygens (including phenoxy) is 1. The summed E-state index contributed by atoms with van der Waals surface area (Å²) in [7, 11) is 0. The summed E-state index contributed by atoms with van der Waals surface area (Å²) < 4.78 is 10.1. The molecule has 0 aromatic carbocycles. The van der Waals surface area contributed by atoms with Crippen LogP contribution in [-0.4, -0.2) is 56.6 Å². The summed E-state index contributed by atoms with van der Waals surface area (Å²) in [6.45, 7) is 12.4. The lowest BCUT2D eigenvalue weighted by atomic mass is 10.0. The monoisotopic (exact) mass is 427 g/mol. The topological polar surface area (TPSA) is 103 Å². The van der Waals surface area contributed by atoms with Crippen molar-refractivity contribution in [1.82, 2.24) is 25.1 Å². The average molecular weight is 428 g/mol. The van der Waals surface area contributed by atoms with E-state index >= 15 is 0 Å². The molecule has 0 fully saturated rings. The van der Waals surface area contributed by atoms with Gasteiger partial charge in [-0.3, -0.25) is 4.79 Å². The maximum absolute atomic E-state index is 13.4. The van der Waals surface area contributed by atoms with Crippen LogP contribution in [0.25, 0.3) is 5.70 Å². The fourth-order valence-electron chi connectivity index (χ4n) is 3.07. The fourth-order valence-corrected chi connectivity index (χ4v) is 3.07. The molecule has 0 aliphatic rings. The van der Waals surface area contributed by atoms with E-state index in [1.165, 1.54) is 10.9 Å². The van der Waals surface area contributed by atoms with Crippen LogP contribution >= 0.6 is 0 Å². The molecule has 9 nitrogen and oxygen atoms in total. The van der Waals surface area contributed by atoms with E-state index in [0.717, 1.165) is 0 Å². The minimum atomic E-state index is -0.556. The predicted octanol–water partition coefficient (Wildman–Crippen LogP) is 3.46. The summed E-state index contributed by atoms with van der Waals surface area (Å²) in [5, 5.41) is 12.3. The molecule has 0 N–H and O–H groups in total. The molecule has 31 heavy (non-hydrogen) atoms. The van der Waals surface area contributed by atoms with Crippen LogP contribution in [0, 0.1) is 0 Å². The lowest BCUT2D eigenvalue weighted by molar-refractivity contribution is -0.126. The third kappa shape index (κ3) is 5.78. The normalized spacial score (nSPS) is 13.0. The van der Waals surface area contributed by atoms with Crippen molar-refractivity contribution < 1.29 is 18.8 Å². The largest absolute Gasteiger partial charge is 0.460 e. The van der Waals surface area contributed by atoms with Gasteiger partial charge in [0.05, 0.1) is 36.0 Å². The smallest absolute Gasteiger partial charge is 0.377 e. The van der Waals surface area contributed by atoms with Crippen LogP contribution in [0.2, 0.25) is 0 Å². The van der Waals surface area contributed by atoms with Crippen molar-refractivity contribution in [2.45, 2.75) is 40.0 Å². The van der Waals surface area contributed by atoms with Gasteiger partial charge in [-0.1, -0.05) is 30.8 Å². The Morgan fingerprint density at radius 2 is 2.00 bits per heavy atom. The van der Waals surface area contributed by atoms with Gasteiger partial charge in [0.25, 0.3) is 5.91 Å². The van der Waals surface area contributed by atoms with Crippen molar-refractivity contribution >= 4 is 17.6 Å². The lowest BCUT2D eigenvalue weighted by Crippen LogP contribution is -2.36. The van der Waals surface area contributed by atoms with Gasteiger partial charge in [0.15, 0.2) is 0 Å². The van der Waals surface area contributed by atoms with Crippen molar-refractivity contribution in [1.29, 1.82) is 0 Å². The zero-order chi connectivity index (χ0) is 22.8. The molecular formula is C22H29N5O4. The van der Waals surface area contributed by atoms with Crippen LogP contribution in [0.3, 0.4) is 0 Å². The van der Waals surface area contributed by atoms with Gasteiger partial charge in [0, 0.05) is 25.1 Å². The first-order valence-corrected chi connectivity index (χ1v) is 10.3. The van der Waals surface area contributed by atoms with E-state index in [1.54, 1.807) is 36.4 Å². The number of hydrogen-bond acceptors (Lipinski definition) is 7. The highest BCUT2D eigenvalue weighted by Crippen LogP contribution is 2.23. The Kier molecular flexibility index (Phi) is 8.93. The Morgan fingerprint density at radius 3 is 2.55 bits per heavy atom. The third-order valence-corrected chi connectivity index (χ3v) is 4.70. The van der Waals surface area contributed by atoms with Gasteiger partial charge in [-0.25, -0.2) is 4.79 Å². The Morgan fingerprint density at radius 1 is 1.29 bits per heavy atom. The molecule has 2 aromatic heterocycles. The molecule has 0 bridgehead atoms. The van der Waals surface area contributed by atoms with E-state index in [9.17, 15) is 9.59 Å². The van der Waals surface area contributed by atoms with Crippen LogP contribution in [0.15, 0.2) is 53.4 Å². The van der Waals surface area contributed by atoms with Crippen molar-refractivity contribution in [2.75, 3.05) is 19.7 Å². The molecule has 1 unspecified atom stereocenters. The van der Waals surface area contributed by atoms with E-state index in [0.29, 0.717) is 36.5 Å². The maximum Gasteiger partial charge on any atom is 0.377 e. The van der Waals surface area contributed by atoms with Crippen LogP contribution in [0.5, 0.6) is 0 Å². The second-order valence-corrected chi connectivity index (χ2v) is 6.61. The number of carbonyl (C=O) groups is 2. The highest BCUT2D eigenvalue weighted by Gasteiger charge is 2.25. The quantitative estimate of drug-likeness (QED) is 0.307. The van der Waals surface area contributed by atoms with Crippen molar-refractivity contribution in [3.8, 4) is 0 Å². The number of likely N-dealkylation sites (N-methyl/N-ethyl adjacent to an activating group) is 1. The molecule has 0 radical (unpaired) electrons. The molecule has 1 atom stereocenters. The van der Waals surface area contributed by atoms with Gasteiger partial charge < -0.3 is 14.2 Å². The minimum Gasteiger partial charge on any atom is -0.460 e. The van der Waals surface area contributed by atoms with E-state index < -0.39 is 5.97 Å². The fraction of sp³-hybridized carbons (Fsp3) is 0.409. The second kappa shape index (κ2) is 11.6. The Bertz CT molecular complexity index is 943. The molecule has 166 valence electrons. The Hall–Kier alpha value is -3.49. The number of aromatic nitrogens is 4. The summed E-state index contributed by atoms with van der Waals surface area (Å²) in [6, 6.07) is 1.58. The summed E-state index contributed by atoms with van der Waals surface area (Å²) in [5.74, 6) is -0.819. The van der Waals surface area contributed by atoms with Crippen LogP contribution in [0.4, 0.5) is 0 Å². The van der Waals surface area contributed by atoms with E-state index in [2.05, 4.69) is 21.9 Å². The Balaban J connectivity index is 2.30. The zero-order valence-corrected chi connectivity index (χ0v) is 18.4. The molecule has 0 aliphatic carbocycles. The molecule has 9 heteroatoms. The molecule has 2 aromatic rings. The maximum atomic E-state index is 13.4. The van der Waals surface area contributed by atoms with E-state index in [-0.39, 0.29) is 24.2 Å². The summed E-state index contributed by atoms with van der Waals surface area (Å²) in [5.41, 5.74) is 1.52. The summed E-state index contributed by atoms with van der Waals surface area (Å²) >= 11 is 0. The minimum absolute atomic E-state index is 0.0523. The molecular weight excluding hydrogens is 398 g/mol. The molecule has 2 heterocycles. The van der Waals surface area contributed by atoms with Crippen molar-refractivity contribution in [3.63, 3.8) is 0 Å². The number of rotatable bonds is 11. The van der Waals surface area contributed by atoms with Crippen LogP contribution < -0.4 is 0 Å². The SMILES string of the molecule is C=C/C(C(=O)N(CC)CC(CC)c1cc(C(=O)OCC)on1)=C(\C=C/C)n1nccn1. The molecule has 2 rings (SSSR count). The zero-order valence-electron chi connectivity index (χ0n) is 18.4. The van der Waals surface area contributed by atoms with Gasteiger partial charge in [-0.05, 0) is 33.3 Å². The van der Waals surface area contributed by atoms with Crippen molar-refractivity contribution in [3.05, 3.63) is 60.3 Å².